The highest BCUT2D eigenvalue weighted by molar-refractivity contribution is 7.80. The molecule has 2 heterocycles. The molecule has 39 nitrogen and oxygen atoms in total. The molecule has 2 aliphatic heterocycles. The van der Waals surface area contributed by atoms with Gasteiger partial charge in [-0.2, -0.15) is 25.3 Å². The number of amides is 12. The van der Waals surface area contributed by atoms with Gasteiger partial charge in [0.2, 0.25) is 70.9 Å². The molecule has 0 aliphatic carbocycles. The summed E-state index contributed by atoms with van der Waals surface area (Å²) in [4.78, 5) is 253. The monoisotopic (exact) mass is 1770 g/mol. The second-order valence-electron chi connectivity index (χ2n) is 31.6. The largest absolute Gasteiger partial charge is 0.394 e. The predicted molar refractivity (Wildman–Crippen MR) is 461 cm³/mol. The Morgan fingerprint density at radius 1 is 0.520 bits per heavy atom. The van der Waals surface area contributed by atoms with Gasteiger partial charge in [-0.15, -0.1) is 0 Å². The molecule has 2 aliphatic rings. The molecule has 41 heteroatoms. The summed E-state index contributed by atoms with van der Waals surface area (Å²) in [7, 11) is 0. The lowest BCUT2D eigenvalue weighted by atomic mass is 9.89. The van der Waals surface area contributed by atoms with Crippen LogP contribution in [0.2, 0.25) is 0 Å². The lowest BCUT2D eigenvalue weighted by Crippen LogP contribution is -2.56. The van der Waals surface area contributed by atoms with Crippen LogP contribution in [0, 0.1) is 29.6 Å². The number of hydrogen-bond donors (Lipinski definition) is 17. The molecule has 0 spiro atoms. The number of nitrogens with one attached hydrogen (secondary N) is 9. The van der Waals surface area contributed by atoms with E-state index in [9.17, 15) is 96.5 Å². The van der Waals surface area contributed by atoms with E-state index in [0.29, 0.717) is 77.3 Å². The van der Waals surface area contributed by atoms with Crippen molar-refractivity contribution in [2.24, 2.45) is 62.6 Å². The van der Waals surface area contributed by atoms with Crippen LogP contribution in [0.15, 0.2) is 40.4 Å². The first-order valence-corrected chi connectivity index (χ1v) is 43.8. The number of aliphatic hydroxyl groups is 2. The molecule has 2 fully saturated rings. The Morgan fingerprint density at radius 2 is 1.07 bits per heavy atom. The molecular formula is C82H131N19O20S2. The van der Waals surface area contributed by atoms with Crippen LogP contribution in [0.25, 0.3) is 10.4 Å². The number of ketones is 6. The number of carbonyl (C=O) groups is 18. The number of azide groups is 1. The van der Waals surface area contributed by atoms with Crippen LogP contribution in [0.1, 0.15) is 207 Å². The van der Waals surface area contributed by atoms with E-state index in [-0.39, 0.29) is 139 Å². The summed E-state index contributed by atoms with van der Waals surface area (Å²) in [5.74, 6) is -17.4. The number of Topliss-reactive ketones (excluding diaryl/α,β-unsaturated/α-hetero) is 6. The van der Waals surface area contributed by atoms with Crippen LogP contribution < -0.4 is 70.8 Å². The minimum atomic E-state index is -1.64. The van der Waals surface area contributed by atoms with Gasteiger partial charge >= 0.3 is 0 Å². The van der Waals surface area contributed by atoms with Gasteiger partial charge < -0.3 is 90.8 Å². The molecule has 123 heavy (non-hydrogen) atoms. The lowest BCUT2D eigenvalue weighted by molar-refractivity contribution is -0.143. The van der Waals surface area contributed by atoms with Gasteiger partial charge in [-0.25, -0.2) is 0 Å². The number of guanidine groups is 1. The van der Waals surface area contributed by atoms with Crippen LogP contribution in [-0.2, 0) is 92.7 Å². The van der Waals surface area contributed by atoms with E-state index in [4.69, 9.17) is 28.5 Å². The van der Waals surface area contributed by atoms with Gasteiger partial charge in [-0.05, 0) is 120 Å². The number of aliphatic imine (C=N–C) groups is 1. The van der Waals surface area contributed by atoms with Crippen LogP contribution >= 0.6 is 25.3 Å². The highest BCUT2D eigenvalue weighted by Gasteiger charge is 2.42. The SMILES string of the molecule is CCCC[C@@H](NC(=O)[C@@H]1CCCN1C(=O)CCC(=O)[C@H](CCCCN)NC(=O)[C@H](CS)CC(=O)[C@H](CO)NC(=O)[C@@H](CC(=O)[C@H](CS)NC(=O)[C@@H]1CCCN1C(=O)[C@H](CCCN=C(N)N)NC(=O)[C@H](CCC(N)=O)CC(=O)[C@H](CO)NC(=O)CCC(=O)CNC(=O)CCC(=O)CNC(=O)[C@@H](C)CCCCN=[N+]=[N-])CC(C)C)C(=O)NCCc1ccccc1. The molecule has 1 aromatic rings. The Bertz CT molecular complexity index is 3780. The van der Waals surface area contributed by atoms with Crippen molar-refractivity contribution in [1.29, 1.82) is 0 Å². The number of aliphatic hydroxyl groups excluding tert-OH is 2. The molecule has 12 amide bonds. The van der Waals surface area contributed by atoms with Crippen molar-refractivity contribution < 1.29 is 96.5 Å². The first-order chi connectivity index (χ1) is 58.6. The summed E-state index contributed by atoms with van der Waals surface area (Å²) < 4.78 is 0. The molecule has 0 saturated carbocycles. The van der Waals surface area contributed by atoms with E-state index in [0.717, 1.165) is 12.0 Å². The van der Waals surface area contributed by atoms with Gasteiger partial charge in [0, 0.05) is 131 Å². The maximum Gasteiger partial charge on any atom is 0.245 e. The number of nitrogens with zero attached hydrogens (tertiary/aromatic N) is 6. The average molecular weight is 1770 g/mol. The fourth-order valence-corrected chi connectivity index (χ4v) is 14.7. The number of hydrogen-bond acceptors (Lipinski definition) is 25. The van der Waals surface area contributed by atoms with E-state index in [2.05, 4.69) is 88.1 Å². The van der Waals surface area contributed by atoms with E-state index in [1.54, 1.807) is 20.8 Å². The summed E-state index contributed by atoms with van der Waals surface area (Å²) in [6.45, 7) is 5.53. The lowest BCUT2D eigenvalue weighted by Gasteiger charge is -2.30. The van der Waals surface area contributed by atoms with Gasteiger partial charge in [0.15, 0.2) is 40.7 Å². The highest BCUT2D eigenvalue weighted by Crippen LogP contribution is 2.26. The molecule has 1 aromatic carbocycles. The summed E-state index contributed by atoms with van der Waals surface area (Å²) in [6, 6.07) is -0.536. The third-order valence-electron chi connectivity index (χ3n) is 21.3. The first-order valence-electron chi connectivity index (χ1n) is 42.6. The Labute approximate surface area is 729 Å². The quantitative estimate of drug-likeness (QED) is 0.00769. The minimum Gasteiger partial charge on any atom is -0.394 e. The molecule has 2 saturated heterocycles. The third-order valence-corrected chi connectivity index (χ3v) is 22.1. The van der Waals surface area contributed by atoms with Gasteiger partial charge in [0.05, 0.1) is 44.3 Å². The fourth-order valence-electron chi connectivity index (χ4n) is 14.1. The normalized spacial score (nSPS) is 16.0. The zero-order valence-electron chi connectivity index (χ0n) is 71.3. The second-order valence-corrected chi connectivity index (χ2v) is 32.3. The number of carbonyl (C=O) groups excluding carboxylic acids is 18. The number of thiol groups is 2. The maximum atomic E-state index is 14.7. The number of rotatable bonds is 65. The standard InChI is InChI=1S/C82H131N19O20S2/c1-5-6-20-59(78(118)88-37-33-52-18-8-7-9-19-52)95-79(119)64-23-15-38-100(64)73(113)32-28-66(106)58(21-10-12-34-83)94-77(117)55(48-122)43-68(108)62(47-103)97-76(116)54(40-50(2)3)42-69(109)63(49-123)98-80(120)65-24-16-39-101(65)81(121)60(22-14-35-89-82(85)86)96-75(115)53(25-29-70(84)110)41-67(107)61(46-102)93-72(112)31-27-56(104)44-90-71(111)30-26-57(105)45-91-74(114)51(4)17-11-13-36-92-99-87/h7-9,18-19,50-51,53-55,58-65,102-103,122-123H,5-6,10-17,20-49,83H2,1-4H3,(H2,84,110)(H,88,118)(H,90,111)(H,91,114)(H,93,112)(H,94,117)(H,95,119)(H,96,115)(H,97,116)(H,98,120)(H4,85,86,89)/t51-,53+,54+,55-,58-,59+,60-,61-,62-,63-,64-,65-/m0/s1. The molecule has 686 valence electrons. The van der Waals surface area contributed by atoms with E-state index >= 15 is 0 Å². The zero-order valence-corrected chi connectivity index (χ0v) is 73.1. The average Bonchev–Trinajstić information content (AvgIpc) is 1.73. The number of likely N-dealkylation sites (tertiary alicyclic amines) is 2. The van der Waals surface area contributed by atoms with Crippen molar-refractivity contribution in [3.63, 3.8) is 0 Å². The van der Waals surface area contributed by atoms with Crippen molar-refractivity contribution >= 4 is 137 Å². The van der Waals surface area contributed by atoms with Gasteiger partial charge in [0.25, 0.3) is 0 Å². The second kappa shape index (κ2) is 59.8. The van der Waals surface area contributed by atoms with Crippen molar-refractivity contribution in [2.45, 2.75) is 256 Å². The van der Waals surface area contributed by atoms with E-state index in [1.807, 2.05) is 37.3 Å². The summed E-state index contributed by atoms with van der Waals surface area (Å²) >= 11 is 8.71. The summed E-state index contributed by atoms with van der Waals surface area (Å²) in [5.41, 5.74) is 31.8. The van der Waals surface area contributed by atoms with Crippen LogP contribution in [-0.4, -0.2) is 257 Å². The minimum absolute atomic E-state index is 0.0264. The summed E-state index contributed by atoms with van der Waals surface area (Å²) in [6.07, 6.45) is 1.55. The molecule has 3 rings (SSSR count). The molecule has 0 aromatic heterocycles. The molecule has 19 N–H and O–H groups in total. The van der Waals surface area contributed by atoms with Crippen LogP contribution in [0.5, 0.6) is 0 Å². The number of unbranched alkanes of at least 4 members (excludes halogenated alkanes) is 3. The fraction of sp³-hybridized carbons (Fsp3) is 0.695. The Morgan fingerprint density at radius 3 is 1.67 bits per heavy atom. The smallest absolute Gasteiger partial charge is 0.245 e. The third kappa shape index (κ3) is 41.4. The first kappa shape index (κ1) is 107. The van der Waals surface area contributed by atoms with E-state index < -0.39 is 224 Å². The number of nitrogens with two attached hydrogens (primary N) is 4. The molecule has 0 unspecified atom stereocenters. The van der Waals surface area contributed by atoms with Crippen molar-refractivity contribution in [1.82, 2.24) is 57.7 Å². The molecular weight excluding hydrogens is 1640 g/mol. The van der Waals surface area contributed by atoms with Crippen LogP contribution in [0.3, 0.4) is 0 Å². The van der Waals surface area contributed by atoms with Gasteiger partial charge in [-0.1, -0.05) is 82.4 Å². The van der Waals surface area contributed by atoms with Gasteiger partial charge in [0.1, 0.15) is 36.3 Å². The van der Waals surface area contributed by atoms with Crippen molar-refractivity contribution in [3.8, 4) is 0 Å². The molecule has 0 radical (unpaired) electrons. The topological polar surface area (TPSA) is 628 Å². The Hall–Kier alpha value is -9.96. The Balaban J connectivity index is 1.67. The Kier molecular flexibility index (Phi) is 52.1. The molecule has 12 atom stereocenters. The van der Waals surface area contributed by atoms with Gasteiger partial charge in [-0.3, -0.25) is 91.3 Å². The van der Waals surface area contributed by atoms with Crippen molar-refractivity contribution in [3.05, 3.63) is 46.3 Å². The predicted octanol–water partition coefficient (Wildman–Crippen LogP) is -0.112. The maximum absolute atomic E-state index is 14.7. The summed E-state index contributed by atoms with van der Waals surface area (Å²) in [5, 5.41) is 47.8. The molecule has 0 bridgehead atoms. The zero-order chi connectivity index (χ0) is 91.5. The van der Waals surface area contributed by atoms with E-state index in [1.165, 1.54) is 9.80 Å². The highest BCUT2D eigenvalue weighted by atomic mass is 32.1. The number of primary amides is 1. The van der Waals surface area contributed by atoms with Crippen LogP contribution in [0.4, 0.5) is 0 Å². The van der Waals surface area contributed by atoms with Crippen molar-refractivity contribution in [2.75, 3.05) is 77.1 Å². The number of benzene rings is 1.